The van der Waals surface area contributed by atoms with E-state index in [1.54, 1.807) is 31.5 Å². The lowest BCUT2D eigenvalue weighted by Gasteiger charge is -2.24. The van der Waals surface area contributed by atoms with E-state index < -0.39 is 17.6 Å². The van der Waals surface area contributed by atoms with Crippen molar-refractivity contribution in [3.05, 3.63) is 42.4 Å². The number of hydrogen-bond donors (Lipinski definition) is 1. The number of amides is 2. The van der Waals surface area contributed by atoms with Crippen LogP contribution in [-0.4, -0.2) is 55.7 Å². The molecule has 9 nitrogen and oxygen atoms in total. The Kier molecular flexibility index (Phi) is 5.49. The predicted molar refractivity (Wildman–Crippen MR) is 108 cm³/mol. The van der Waals surface area contributed by atoms with Gasteiger partial charge in [0.2, 0.25) is 11.9 Å². The zero-order chi connectivity index (χ0) is 21.2. The molecular formula is C20H24N6O3. The lowest BCUT2D eigenvalue weighted by Crippen LogP contribution is -2.38. The molecule has 0 saturated carbocycles. The second kappa shape index (κ2) is 7.86. The van der Waals surface area contributed by atoms with Crippen LogP contribution in [-0.2, 0) is 9.53 Å². The van der Waals surface area contributed by atoms with Crippen LogP contribution in [0, 0.1) is 6.92 Å². The van der Waals surface area contributed by atoms with Crippen LogP contribution in [0.1, 0.15) is 26.5 Å². The van der Waals surface area contributed by atoms with Crippen molar-refractivity contribution in [2.45, 2.75) is 33.3 Å². The average Bonchev–Trinajstić information content (AvgIpc) is 3.01. The second-order valence-corrected chi connectivity index (χ2v) is 7.68. The number of pyridine rings is 2. The van der Waals surface area contributed by atoms with Crippen molar-refractivity contribution in [2.75, 3.05) is 18.9 Å². The van der Waals surface area contributed by atoms with Crippen molar-refractivity contribution < 1.29 is 14.3 Å². The summed E-state index contributed by atoms with van der Waals surface area (Å²) in [7, 11) is 1.49. The van der Waals surface area contributed by atoms with E-state index in [2.05, 4.69) is 20.4 Å². The number of likely N-dealkylation sites (N-methyl/N-ethyl adjacent to an activating group) is 1. The minimum absolute atomic E-state index is 0.160. The number of fused-ring (bicyclic) bond motifs is 1. The maximum absolute atomic E-state index is 12.2. The van der Waals surface area contributed by atoms with Crippen LogP contribution in [0.4, 0.5) is 10.7 Å². The molecule has 3 aromatic rings. The van der Waals surface area contributed by atoms with E-state index in [0.29, 0.717) is 5.65 Å². The first-order valence-corrected chi connectivity index (χ1v) is 9.15. The number of aromatic nitrogens is 4. The van der Waals surface area contributed by atoms with Gasteiger partial charge in [0.15, 0.2) is 5.65 Å². The molecule has 0 aliphatic rings. The third kappa shape index (κ3) is 5.07. The fraction of sp³-hybridized carbons (Fsp3) is 0.350. The molecule has 3 heterocycles. The molecule has 0 fully saturated rings. The van der Waals surface area contributed by atoms with Crippen molar-refractivity contribution in [2.24, 2.45) is 0 Å². The summed E-state index contributed by atoms with van der Waals surface area (Å²) in [6.07, 6.45) is 3.00. The molecule has 3 rings (SSSR count). The van der Waals surface area contributed by atoms with E-state index in [1.165, 1.54) is 11.9 Å². The Balaban J connectivity index is 1.70. The molecular weight excluding hydrogens is 372 g/mol. The molecule has 3 aromatic heterocycles. The lowest BCUT2D eigenvalue weighted by atomic mass is 10.1. The van der Waals surface area contributed by atoms with E-state index in [4.69, 9.17) is 4.74 Å². The number of nitrogens with zero attached hydrogens (tertiary/aromatic N) is 5. The Morgan fingerprint density at radius 2 is 2.00 bits per heavy atom. The van der Waals surface area contributed by atoms with E-state index in [9.17, 15) is 9.59 Å². The molecule has 29 heavy (non-hydrogen) atoms. The highest BCUT2D eigenvalue weighted by Gasteiger charge is 2.21. The highest BCUT2D eigenvalue weighted by Crippen LogP contribution is 2.22. The number of ether oxygens (including phenoxy) is 1. The fourth-order valence-corrected chi connectivity index (χ4v) is 2.67. The zero-order valence-corrected chi connectivity index (χ0v) is 17.1. The first kappa shape index (κ1) is 20.2. The summed E-state index contributed by atoms with van der Waals surface area (Å²) in [5, 5.41) is 6.91. The van der Waals surface area contributed by atoms with Crippen LogP contribution < -0.4 is 5.32 Å². The highest BCUT2D eigenvalue weighted by molar-refractivity contribution is 5.92. The average molecular weight is 396 g/mol. The van der Waals surface area contributed by atoms with Crippen LogP contribution in [0.25, 0.3) is 16.8 Å². The molecule has 0 aromatic carbocycles. The molecule has 0 atom stereocenters. The summed E-state index contributed by atoms with van der Waals surface area (Å²) in [5.41, 5.74) is 2.80. The molecule has 9 heteroatoms. The summed E-state index contributed by atoms with van der Waals surface area (Å²) in [6.45, 7) is 7.06. The number of aryl methyl sites for hydroxylation is 1. The minimum Gasteiger partial charge on any atom is -0.444 e. The van der Waals surface area contributed by atoms with Gasteiger partial charge in [-0.15, -0.1) is 5.10 Å². The van der Waals surface area contributed by atoms with Crippen molar-refractivity contribution in [1.29, 1.82) is 0 Å². The molecule has 0 saturated heterocycles. The molecule has 2 amide bonds. The third-order valence-corrected chi connectivity index (χ3v) is 3.99. The molecule has 0 spiro atoms. The Morgan fingerprint density at radius 3 is 2.69 bits per heavy atom. The van der Waals surface area contributed by atoms with Crippen LogP contribution in [0.3, 0.4) is 0 Å². The fourth-order valence-electron chi connectivity index (χ4n) is 2.67. The van der Waals surface area contributed by atoms with Gasteiger partial charge in [-0.1, -0.05) is 6.07 Å². The number of hydrogen-bond acceptors (Lipinski definition) is 6. The molecule has 0 aliphatic carbocycles. The first-order valence-electron chi connectivity index (χ1n) is 9.15. The molecule has 0 aliphatic heterocycles. The standard InChI is InChI=1S/C20H24N6O3/c1-13-15(7-6-10-21-13)14-8-9-16-22-18(24-26(16)11-14)23-17(27)12-25(5)19(28)29-20(2,3)4/h6-11H,12H2,1-5H3,(H,23,24,27). The number of carbonyl (C=O) groups excluding carboxylic acids is 2. The van der Waals surface area contributed by atoms with Gasteiger partial charge >= 0.3 is 6.09 Å². The van der Waals surface area contributed by atoms with Gasteiger partial charge in [-0.05, 0) is 45.9 Å². The van der Waals surface area contributed by atoms with Crippen molar-refractivity contribution >= 4 is 23.6 Å². The molecule has 0 bridgehead atoms. The van der Waals surface area contributed by atoms with Crippen LogP contribution in [0.5, 0.6) is 0 Å². The van der Waals surface area contributed by atoms with Gasteiger partial charge in [0.25, 0.3) is 0 Å². The highest BCUT2D eigenvalue weighted by atomic mass is 16.6. The second-order valence-electron chi connectivity index (χ2n) is 7.68. The van der Waals surface area contributed by atoms with Gasteiger partial charge in [0, 0.05) is 36.3 Å². The zero-order valence-electron chi connectivity index (χ0n) is 17.1. The normalized spacial score (nSPS) is 11.3. The summed E-state index contributed by atoms with van der Waals surface area (Å²) in [5.74, 6) is -0.259. The Bertz CT molecular complexity index is 1050. The molecule has 152 valence electrons. The van der Waals surface area contributed by atoms with Crippen LogP contribution in [0.2, 0.25) is 0 Å². The van der Waals surface area contributed by atoms with Gasteiger partial charge in [-0.25, -0.2) is 9.31 Å². The summed E-state index contributed by atoms with van der Waals surface area (Å²) < 4.78 is 6.82. The van der Waals surface area contributed by atoms with E-state index in [1.807, 2.05) is 37.4 Å². The van der Waals surface area contributed by atoms with Gasteiger partial charge in [-0.2, -0.15) is 4.98 Å². The molecule has 1 N–H and O–H groups in total. The van der Waals surface area contributed by atoms with Gasteiger partial charge in [0.1, 0.15) is 12.1 Å². The number of nitrogens with one attached hydrogen (secondary N) is 1. The smallest absolute Gasteiger partial charge is 0.410 e. The third-order valence-electron chi connectivity index (χ3n) is 3.99. The SMILES string of the molecule is Cc1ncccc1-c1ccc2nc(NC(=O)CN(C)C(=O)OC(C)(C)C)nn2c1. The molecule has 0 unspecified atom stereocenters. The van der Waals surface area contributed by atoms with Crippen LogP contribution >= 0.6 is 0 Å². The van der Waals surface area contributed by atoms with E-state index >= 15 is 0 Å². The van der Waals surface area contributed by atoms with Crippen molar-refractivity contribution in [3.8, 4) is 11.1 Å². The topological polar surface area (TPSA) is 102 Å². The summed E-state index contributed by atoms with van der Waals surface area (Å²) in [4.78, 5) is 34.0. The van der Waals surface area contributed by atoms with Crippen molar-refractivity contribution in [3.63, 3.8) is 0 Å². The molecule has 0 radical (unpaired) electrons. The number of rotatable bonds is 4. The number of carbonyl (C=O) groups is 2. The van der Waals surface area contributed by atoms with Crippen LogP contribution in [0.15, 0.2) is 36.7 Å². The van der Waals surface area contributed by atoms with Crippen molar-refractivity contribution in [1.82, 2.24) is 24.5 Å². The first-order chi connectivity index (χ1) is 13.6. The summed E-state index contributed by atoms with van der Waals surface area (Å²) in [6, 6.07) is 7.60. The van der Waals surface area contributed by atoms with Gasteiger partial charge in [0.05, 0.1) is 0 Å². The quantitative estimate of drug-likeness (QED) is 0.728. The van der Waals surface area contributed by atoms with E-state index in [-0.39, 0.29) is 12.5 Å². The monoisotopic (exact) mass is 396 g/mol. The minimum atomic E-state index is -0.630. The Morgan fingerprint density at radius 1 is 1.24 bits per heavy atom. The Labute approximate surface area is 168 Å². The maximum Gasteiger partial charge on any atom is 0.410 e. The van der Waals surface area contributed by atoms with E-state index in [0.717, 1.165) is 16.8 Å². The largest absolute Gasteiger partial charge is 0.444 e. The lowest BCUT2D eigenvalue weighted by molar-refractivity contribution is -0.117. The predicted octanol–water partition coefficient (Wildman–Crippen LogP) is 2.91. The van der Waals surface area contributed by atoms with Gasteiger partial charge < -0.3 is 9.64 Å². The summed E-state index contributed by atoms with van der Waals surface area (Å²) >= 11 is 0. The number of anilines is 1. The maximum atomic E-state index is 12.2. The van der Waals surface area contributed by atoms with Gasteiger partial charge in [-0.3, -0.25) is 15.1 Å². The Hall–Kier alpha value is -3.49.